The average molecular weight is 627 g/mol. The number of hydrogen-bond acceptors (Lipinski definition) is 5. The van der Waals surface area contributed by atoms with E-state index in [2.05, 4.69) is 33.0 Å². The summed E-state index contributed by atoms with van der Waals surface area (Å²) in [6.45, 7) is 4.24. The van der Waals surface area contributed by atoms with Crippen LogP contribution in [0, 0.1) is 0 Å². The van der Waals surface area contributed by atoms with E-state index < -0.39 is 16.1 Å². The lowest BCUT2D eigenvalue weighted by molar-refractivity contribution is -0.123. The summed E-state index contributed by atoms with van der Waals surface area (Å²) < 4.78 is 37.1. The summed E-state index contributed by atoms with van der Waals surface area (Å²) in [4.78, 5) is 16.4. The second kappa shape index (κ2) is 12.6. The Morgan fingerprint density at radius 3 is 2.58 bits per heavy atom. The van der Waals surface area contributed by atoms with Gasteiger partial charge in [0.25, 0.3) is 0 Å². The maximum absolute atomic E-state index is 14.1. The summed E-state index contributed by atoms with van der Waals surface area (Å²) in [5, 5.41) is 5.00. The third-order valence-electron chi connectivity index (χ3n) is 9.84. The van der Waals surface area contributed by atoms with E-state index in [0.717, 1.165) is 48.0 Å². The van der Waals surface area contributed by atoms with Gasteiger partial charge >= 0.3 is 0 Å². The van der Waals surface area contributed by atoms with Gasteiger partial charge in [-0.05, 0) is 109 Å². The fraction of sp³-hybridized carbons (Fsp3) is 0.417. The molecule has 0 spiro atoms. The van der Waals surface area contributed by atoms with Gasteiger partial charge in [-0.3, -0.25) is 9.69 Å². The molecule has 3 heterocycles. The molecule has 1 fully saturated rings. The van der Waals surface area contributed by atoms with Crippen LogP contribution >= 0.6 is 0 Å². The van der Waals surface area contributed by atoms with Crippen LogP contribution in [0.5, 0.6) is 5.75 Å². The maximum atomic E-state index is 14.1. The number of nitrogens with zero attached hydrogens (tertiary/aromatic N) is 3. The number of carbonyl (C=O) groups is 1. The summed E-state index contributed by atoms with van der Waals surface area (Å²) >= 11 is 0. The summed E-state index contributed by atoms with van der Waals surface area (Å²) in [6, 6.07) is 21.0. The van der Waals surface area contributed by atoms with E-state index in [0.29, 0.717) is 13.1 Å². The minimum absolute atomic E-state index is 0.0378. The monoisotopic (exact) mass is 626 g/mol. The molecule has 45 heavy (non-hydrogen) atoms. The molecule has 1 aromatic heterocycles. The third-order valence-corrected chi connectivity index (χ3v) is 11.7. The van der Waals surface area contributed by atoms with Gasteiger partial charge in [0.2, 0.25) is 15.9 Å². The van der Waals surface area contributed by atoms with Crippen molar-refractivity contribution in [2.75, 3.05) is 26.7 Å². The van der Waals surface area contributed by atoms with Gasteiger partial charge in [0.05, 0.1) is 18.0 Å². The predicted molar refractivity (Wildman–Crippen MR) is 176 cm³/mol. The molecule has 236 valence electrons. The highest BCUT2D eigenvalue weighted by Crippen LogP contribution is 2.35. The van der Waals surface area contributed by atoms with Crippen LogP contribution in [-0.4, -0.2) is 60.9 Å². The van der Waals surface area contributed by atoms with E-state index in [9.17, 15) is 13.2 Å². The molecule has 1 N–H and O–H groups in total. The molecule has 0 radical (unpaired) electrons. The molecule has 1 amide bonds. The van der Waals surface area contributed by atoms with Gasteiger partial charge in [-0.15, -0.1) is 0 Å². The Morgan fingerprint density at radius 1 is 0.911 bits per heavy atom. The number of benzene rings is 3. The van der Waals surface area contributed by atoms with Gasteiger partial charge in [0, 0.05) is 44.0 Å². The first-order valence-corrected chi connectivity index (χ1v) is 17.7. The summed E-state index contributed by atoms with van der Waals surface area (Å²) in [5.74, 6) is 0.607. The zero-order valence-electron chi connectivity index (χ0n) is 26.0. The molecule has 9 heteroatoms. The van der Waals surface area contributed by atoms with Crippen molar-refractivity contribution < 1.29 is 17.9 Å². The van der Waals surface area contributed by atoms with E-state index in [4.69, 9.17) is 4.74 Å². The molecule has 2 aliphatic heterocycles. The van der Waals surface area contributed by atoms with Crippen molar-refractivity contribution in [1.29, 1.82) is 0 Å². The van der Waals surface area contributed by atoms with Crippen molar-refractivity contribution in [2.24, 2.45) is 0 Å². The predicted octanol–water partition coefficient (Wildman–Crippen LogP) is 5.45. The van der Waals surface area contributed by atoms with E-state index in [1.165, 1.54) is 53.3 Å². The standard InChI is InChI=1S/C36H42N4O4S/c1-44-32-13-10-30-23-33(14-11-29(30)22-32)45(42,43)40-19-18-39-17-5-6-34(39)35(40)24-36(41)37-31-12-9-27-20-26(7-8-28(27)21-31)25-38-15-3-2-4-16-38/h5-8,10-11,13-14,17,20,22-23,31,35H,2-4,9,12,15-16,18-19,21,24-25H2,1H3,(H,37,41). The van der Waals surface area contributed by atoms with Crippen LogP contribution in [0.4, 0.5) is 0 Å². The second-order valence-corrected chi connectivity index (χ2v) is 14.7. The van der Waals surface area contributed by atoms with Crippen LogP contribution in [0.25, 0.3) is 10.8 Å². The van der Waals surface area contributed by atoms with Gasteiger partial charge in [-0.1, -0.05) is 36.8 Å². The first kappa shape index (κ1) is 30.0. The first-order chi connectivity index (χ1) is 21.9. The first-order valence-electron chi connectivity index (χ1n) is 16.2. The average Bonchev–Trinajstić information content (AvgIpc) is 3.54. The van der Waals surface area contributed by atoms with Crippen LogP contribution < -0.4 is 10.1 Å². The fourth-order valence-corrected chi connectivity index (χ4v) is 9.06. The normalized spacial score (nSPS) is 20.8. The Kier molecular flexibility index (Phi) is 8.42. The minimum atomic E-state index is -3.87. The molecule has 3 aromatic carbocycles. The summed E-state index contributed by atoms with van der Waals surface area (Å²) in [7, 11) is -2.25. The molecular weight excluding hydrogens is 584 g/mol. The number of hydrogen-bond donors (Lipinski definition) is 1. The molecule has 0 saturated carbocycles. The smallest absolute Gasteiger partial charge is 0.243 e. The number of methoxy groups -OCH3 is 1. The minimum Gasteiger partial charge on any atom is -0.497 e. The van der Waals surface area contributed by atoms with Crippen LogP contribution in [-0.2, 0) is 40.7 Å². The van der Waals surface area contributed by atoms with Gasteiger partial charge in [0.15, 0.2) is 0 Å². The third kappa shape index (κ3) is 6.26. The van der Waals surface area contributed by atoms with Crippen LogP contribution in [0.15, 0.2) is 77.8 Å². The molecule has 2 atom stereocenters. The van der Waals surface area contributed by atoms with Crippen molar-refractivity contribution >= 4 is 26.7 Å². The van der Waals surface area contributed by atoms with Crippen molar-refractivity contribution in [3.8, 4) is 5.75 Å². The zero-order chi connectivity index (χ0) is 31.0. The number of rotatable bonds is 8. The number of nitrogens with one attached hydrogen (secondary N) is 1. The van der Waals surface area contributed by atoms with E-state index in [-0.39, 0.29) is 23.3 Å². The zero-order valence-corrected chi connectivity index (χ0v) is 26.8. The number of amides is 1. The number of carbonyl (C=O) groups excluding carboxylic acids is 1. The number of likely N-dealkylation sites (tertiary alicyclic amines) is 1. The lowest BCUT2D eigenvalue weighted by Crippen LogP contribution is -2.45. The van der Waals surface area contributed by atoms with Crippen molar-refractivity contribution in [3.05, 3.63) is 95.3 Å². The Balaban J connectivity index is 1.05. The molecular formula is C36H42N4O4S. The Hall–Kier alpha value is -3.66. The van der Waals surface area contributed by atoms with E-state index >= 15 is 0 Å². The molecule has 1 aliphatic carbocycles. The molecule has 0 bridgehead atoms. The molecule has 8 nitrogen and oxygen atoms in total. The Morgan fingerprint density at radius 2 is 1.73 bits per heavy atom. The number of ether oxygens (including phenoxy) is 1. The second-order valence-electron chi connectivity index (χ2n) is 12.8. The highest BCUT2D eigenvalue weighted by atomic mass is 32.2. The van der Waals surface area contributed by atoms with Crippen molar-refractivity contribution in [3.63, 3.8) is 0 Å². The number of aryl methyl sites for hydroxylation is 1. The topological polar surface area (TPSA) is 83.9 Å². The Bertz CT molecular complexity index is 1810. The number of sulfonamides is 1. The lowest BCUT2D eigenvalue weighted by atomic mass is 9.87. The SMILES string of the molecule is COc1ccc2cc(S(=O)(=O)N3CCn4cccc4C3CC(=O)NC3CCc4cc(CN5CCCCC5)ccc4C3)ccc2c1. The molecule has 1 saturated heterocycles. The molecule has 2 unspecified atom stereocenters. The fourth-order valence-electron chi connectivity index (χ4n) is 7.43. The largest absolute Gasteiger partial charge is 0.497 e. The molecule has 4 aromatic rings. The van der Waals surface area contributed by atoms with Crippen LogP contribution in [0.1, 0.15) is 60.5 Å². The van der Waals surface area contributed by atoms with Gasteiger partial charge in [-0.25, -0.2) is 8.42 Å². The van der Waals surface area contributed by atoms with Crippen molar-refractivity contribution in [2.45, 2.75) is 75.0 Å². The number of fused-ring (bicyclic) bond motifs is 3. The van der Waals surface area contributed by atoms with Crippen LogP contribution in [0.2, 0.25) is 0 Å². The quantitative estimate of drug-likeness (QED) is 0.282. The van der Waals surface area contributed by atoms with Crippen LogP contribution in [0.3, 0.4) is 0 Å². The number of piperidine rings is 1. The van der Waals surface area contributed by atoms with Gasteiger partial charge in [0.1, 0.15) is 5.75 Å². The molecule has 3 aliphatic rings. The summed E-state index contributed by atoms with van der Waals surface area (Å²) in [6.07, 6.45) is 8.60. The lowest BCUT2D eigenvalue weighted by Gasteiger charge is -2.36. The van der Waals surface area contributed by atoms with Gasteiger partial charge in [-0.2, -0.15) is 4.31 Å². The summed E-state index contributed by atoms with van der Waals surface area (Å²) in [5.41, 5.74) is 4.93. The highest BCUT2D eigenvalue weighted by Gasteiger charge is 2.38. The number of aromatic nitrogens is 1. The van der Waals surface area contributed by atoms with Gasteiger partial charge < -0.3 is 14.6 Å². The van der Waals surface area contributed by atoms with Crippen molar-refractivity contribution in [1.82, 2.24) is 19.1 Å². The highest BCUT2D eigenvalue weighted by molar-refractivity contribution is 7.89. The van der Waals surface area contributed by atoms with E-state index in [1.807, 2.05) is 42.6 Å². The molecule has 7 rings (SSSR count). The van der Waals surface area contributed by atoms with E-state index in [1.54, 1.807) is 19.2 Å². The maximum Gasteiger partial charge on any atom is 0.243 e. The Labute approximate surface area is 266 Å².